The van der Waals surface area contributed by atoms with E-state index in [1.165, 1.54) is 11.7 Å². The number of amidine groups is 1. The molecule has 0 bridgehead atoms. The molecule has 2 rings (SSSR count). The van der Waals surface area contributed by atoms with E-state index in [-0.39, 0.29) is 24.1 Å². The number of primary amides is 1. The van der Waals surface area contributed by atoms with Crippen LogP contribution in [0.4, 0.5) is 0 Å². The normalized spacial score (nSPS) is 21.5. The second-order valence-corrected chi connectivity index (χ2v) is 5.51. The van der Waals surface area contributed by atoms with Crippen molar-refractivity contribution in [1.29, 1.82) is 0 Å². The molecule has 23 heavy (non-hydrogen) atoms. The number of aliphatic imine (C=N–C) groups is 1. The third-order valence-electron chi connectivity index (χ3n) is 4.11. The Balaban J connectivity index is 2.71. The molecule has 0 saturated heterocycles. The number of hydrogen-bond acceptors (Lipinski definition) is 5. The number of nitrogens with two attached hydrogens (primary N) is 1. The maximum Gasteiger partial charge on any atom is 0.239 e. The van der Waals surface area contributed by atoms with Gasteiger partial charge < -0.3 is 5.73 Å². The first-order chi connectivity index (χ1) is 10.9. The number of fused-ring (bicyclic) bond motifs is 1. The molecule has 8 heteroatoms. The first-order valence-electron chi connectivity index (χ1n) is 7.37. The molecular weight excluding hydrogens is 298 g/mol. The number of amides is 1. The van der Waals surface area contributed by atoms with Gasteiger partial charge in [0.05, 0.1) is 11.9 Å². The molecule has 0 unspecified atom stereocenters. The van der Waals surface area contributed by atoms with E-state index >= 15 is 0 Å². The minimum atomic E-state index is -0.853. The largest absolute Gasteiger partial charge is 0.368 e. The first-order valence-corrected chi connectivity index (χ1v) is 7.37. The van der Waals surface area contributed by atoms with Gasteiger partial charge in [-0.3, -0.25) is 30.0 Å². The van der Waals surface area contributed by atoms with Crippen molar-refractivity contribution in [1.82, 2.24) is 15.3 Å². The summed E-state index contributed by atoms with van der Waals surface area (Å²) in [6.07, 6.45) is 4.00. The highest BCUT2D eigenvalue weighted by molar-refractivity contribution is 6.13. The molecule has 1 amide bonds. The van der Waals surface area contributed by atoms with E-state index in [0.29, 0.717) is 5.69 Å². The number of hydrogen-bond donors (Lipinski definition) is 3. The van der Waals surface area contributed by atoms with Crippen LogP contribution in [0.2, 0.25) is 0 Å². The Morgan fingerprint density at radius 3 is 2.78 bits per heavy atom. The molecule has 124 valence electrons. The molecule has 0 saturated carbocycles. The van der Waals surface area contributed by atoms with Gasteiger partial charge in [0.25, 0.3) is 0 Å². The number of aromatic nitrogens is 2. The van der Waals surface area contributed by atoms with Crippen molar-refractivity contribution >= 4 is 17.5 Å². The molecule has 4 N–H and O–H groups in total. The second-order valence-electron chi connectivity index (χ2n) is 5.51. The average molecular weight is 319 g/mol. The predicted molar refractivity (Wildman–Crippen MR) is 84.2 cm³/mol. The summed E-state index contributed by atoms with van der Waals surface area (Å²) in [6.45, 7) is 3.76. The number of nitrogens with zero attached hydrogens (tertiary/aromatic N) is 3. The summed E-state index contributed by atoms with van der Waals surface area (Å²) in [5.41, 5.74) is 9.55. The third-order valence-corrected chi connectivity index (χ3v) is 4.11. The minimum Gasteiger partial charge on any atom is -0.368 e. The van der Waals surface area contributed by atoms with Gasteiger partial charge in [-0.1, -0.05) is 12.5 Å². The molecule has 1 aliphatic carbocycles. The maximum absolute atomic E-state index is 12.7. The van der Waals surface area contributed by atoms with Crippen LogP contribution >= 0.6 is 0 Å². The monoisotopic (exact) mass is 319 g/mol. The van der Waals surface area contributed by atoms with Gasteiger partial charge in [0.2, 0.25) is 5.91 Å². The van der Waals surface area contributed by atoms with E-state index < -0.39 is 11.8 Å². The summed E-state index contributed by atoms with van der Waals surface area (Å²) >= 11 is 0. The van der Waals surface area contributed by atoms with Crippen LogP contribution in [0.3, 0.4) is 0 Å². The molecule has 1 aromatic rings. The van der Waals surface area contributed by atoms with Gasteiger partial charge in [0.15, 0.2) is 5.78 Å². The van der Waals surface area contributed by atoms with Crippen molar-refractivity contribution in [3.05, 3.63) is 29.1 Å². The number of rotatable bonds is 4. The average Bonchev–Trinajstić information content (AvgIpc) is 2.83. The molecule has 1 heterocycles. The SMILES string of the molecule is CC[C@@H]1C(C)=CC(=O)[C@H](C(=NC)NO)c2c1cnn2CC(N)=O. The zero-order chi connectivity index (χ0) is 17.1. The van der Waals surface area contributed by atoms with Crippen molar-refractivity contribution in [3.8, 4) is 0 Å². The van der Waals surface area contributed by atoms with Crippen LogP contribution in [-0.2, 0) is 16.1 Å². The van der Waals surface area contributed by atoms with Crippen molar-refractivity contribution in [3.63, 3.8) is 0 Å². The lowest BCUT2D eigenvalue weighted by atomic mass is 9.89. The van der Waals surface area contributed by atoms with E-state index in [1.54, 1.807) is 12.3 Å². The van der Waals surface area contributed by atoms with E-state index in [9.17, 15) is 14.8 Å². The van der Waals surface area contributed by atoms with Crippen molar-refractivity contribution in [2.75, 3.05) is 7.05 Å². The number of ketones is 1. The van der Waals surface area contributed by atoms with Crippen LogP contribution in [0.5, 0.6) is 0 Å². The Bertz CT molecular complexity index is 689. The standard InChI is InChI=1S/C15H21N5O3/c1-4-9-8(2)5-11(21)13(15(17-3)19-23)14-10(9)6-18-20(14)7-12(16)22/h5-6,9,13,23H,4,7H2,1-3H3,(H2,16,22)(H,17,19)/t9-,13+/m1/s1. The summed E-state index contributed by atoms with van der Waals surface area (Å²) < 4.78 is 1.41. The van der Waals surface area contributed by atoms with Crippen LogP contribution < -0.4 is 11.2 Å². The summed E-state index contributed by atoms with van der Waals surface area (Å²) in [5.74, 6) is -1.53. The summed E-state index contributed by atoms with van der Waals surface area (Å²) in [7, 11) is 1.47. The molecule has 0 aliphatic heterocycles. The highest BCUT2D eigenvalue weighted by atomic mass is 16.5. The molecule has 2 atom stereocenters. The molecule has 1 aromatic heterocycles. The Labute approximate surface area is 134 Å². The highest BCUT2D eigenvalue weighted by Gasteiger charge is 2.36. The van der Waals surface area contributed by atoms with Gasteiger partial charge in [-0.25, -0.2) is 0 Å². The minimum absolute atomic E-state index is 0.0115. The van der Waals surface area contributed by atoms with Gasteiger partial charge in [-0.2, -0.15) is 5.10 Å². The summed E-state index contributed by atoms with van der Waals surface area (Å²) in [5, 5.41) is 13.6. The fourth-order valence-electron chi connectivity index (χ4n) is 3.11. The number of hydroxylamine groups is 1. The van der Waals surface area contributed by atoms with Crippen LogP contribution in [-0.4, -0.2) is 39.6 Å². The Hall–Kier alpha value is -2.48. The van der Waals surface area contributed by atoms with Crippen molar-refractivity contribution < 1.29 is 14.8 Å². The number of carbonyl (C=O) groups excluding carboxylic acids is 2. The van der Waals surface area contributed by atoms with Gasteiger partial charge in [0, 0.05) is 18.5 Å². The van der Waals surface area contributed by atoms with Crippen molar-refractivity contribution in [2.24, 2.45) is 10.7 Å². The molecule has 0 radical (unpaired) electrons. The Morgan fingerprint density at radius 2 is 2.26 bits per heavy atom. The quantitative estimate of drug-likeness (QED) is 0.423. The van der Waals surface area contributed by atoms with Crippen LogP contribution in [0.15, 0.2) is 22.8 Å². The van der Waals surface area contributed by atoms with Crippen LogP contribution in [0, 0.1) is 0 Å². The number of carbonyl (C=O) groups is 2. The first kappa shape index (κ1) is 16.9. The van der Waals surface area contributed by atoms with Gasteiger partial charge >= 0.3 is 0 Å². The lowest BCUT2D eigenvalue weighted by Gasteiger charge is -2.19. The van der Waals surface area contributed by atoms with Crippen LogP contribution in [0.1, 0.15) is 43.4 Å². The summed E-state index contributed by atoms with van der Waals surface area (Å²) in [6, 6.07) is 0. The van der Waals surface area contributed by atoms with E-state index in [2.05, 4.69) is 10.1 Å². The van der Waals surface area contributed by atoms with Gasteiger partial charge in [-0.15, -0.1) is 0 Å². The van der Waals surface area contributed by atoms with Gasteiger partial charge in [0.1, 0.15) is 18.3 Å². The molecule has 0 spiro atoms. The fourth-order valence-corrected chi connectivity index (χ4v) is 3.11. The molecule has 0 aromatic carbocycles. The number of nitrogens with one attached hydrogen (secondary N) is 1. The zero-order valence-electron chi connectivity index (χ0n) is 13.4. The highest BCUT2D eigenvalue weighted by Crippen LogP contribution is 2.37. The maximum atomic E-state index is 12.7. The predicted octanol–water partition coefficient (Wildman–Crippen LogP) is 0.482. The molecule has 8 nitrogen and oxygen atoms in total. The Morgan fingerprint density at radius 1 is 1.57 bits per heavy atom. The fraction of sp³-hybridized carbons (Fsp3) is 0.467. The lowest BCUT2D eigenvalue weighted by molar-refractivity contribution is -0.119. The second kappa shape index (κ2) is 6.74. The zero-order valence-corrected chi connectivity index (χ0v) is 13.4. The van der Waals surface area contributed by atoms with Gasteiger partial charge in [-0.05, 0) is 19.4 Å². The van der Waals surface area contributed by atoms with Crippen LogP contribution in [0.25, 0.3) is 0 Å². The van der Waals surface area contributed by atoms with E-state index in [1.807, 2.05) is 19.3 Å². The van der Waals surface area contributed by atoms with Crippen molar-refractivity contribution in [2.45, 2.75) is 38.6 Å². The smallest absolute Gasteiger partial charge is 0.239 e. The van der Waals surface area contributed by atoms with E-state index in [0.717, 1.165) is 17.6 Å². The number of allylic oxidation sites excluding steroid dienone is 2. The van der Waals surface area contributed by atoms with E-state index in [4.69, 9.17) is 5.73 Å². The molecule has 1 aliphatic rings. The molecular formula is C15H21N5O3. The summed E-state index contributed by atoms with van der Waals surface area (Å²) in [4.78, 5) is 27.9. The lowest BCUT2D eigenvalue weighted by Crippen LogP contribution is -2.34. The topological polar surface area (TPSA) is 123 Å². The molecule has 0 fully saturated rings. The Kier molecular flexibility index (Phi) is 4.95. The third kappa shape index (κ3) is 3.02.